The number of rotatable bonds is 14. The zero-order valence-electron chi connectivity index (χ0n) is 15.7. The van der Waals surface area contributed by atoms with Crippen LogP contribution in [0.1, 0.15) is 77.2 Å². The summed E-state index contributed by atoms with van der Waals surface area (Å²) in [5.74, 6) is 0.987. The molecule has 0 N–H and O–H groups in total. The van der Waals surface area contributed by atoms with Crippen molar-refractivity contribution in [3.63, 3.8) is 0 Å². The van der Waals surface area contributed by atoms with E-state index in [-0.39, 0.29) is 0 Å². The average Bonchev–Trinajstić information content (AvgIpc) is 2.56. The number of benzene rings is 1. The highest BCUT2D eigenvalue weighted by molar-refractivity contribution is 5.27. The second kappa shape index (κ2) is 13.4. The molecule has 0 aliphatic rings. The molecule has 2 heteroatoms. The van der Waals surface area contributed by atoms with Crippen LogP contribution in [0, 0.1) is 0 Å². The van der Waals surface area contributed by atoms with Crippen molar-refractivity contribution in [1.82, 2.24) is 4.90 Å². The van der Waals surface area contributed by atoms with Gasteiger partial charge in [-0.15, -0.1) is 0 Å². The first kappa shape index (κ1) is 20.0. The zero-order chi connectivity index (χ0) is 16.8. The van der Waals surface area contributed by atoms with Gasteiger partial charge in [0.15, 0.2) is 0 Å². The molecule has 1 aromatic rings. The molecule has 0 atom stereocenters. The Morgan fingerprint density at radius 2 is 1.39 bits per heavy atom. The van der Waals surface area contributed by atoms with Crippen molar-refractivity contribution in [3.05, 3.63) is 29.8 Å². The van der Waals surface area contributed by atoms with Crippen LogP contribution in [-0.2, 0) is 6.54 Å². The quantitative estimate of drug-likeness (QED) is 0.387. The van der Waals surface area contributed by atoms with E-state index in [1.54, 1.807) is 0 Å². The lowest BCUT2D eigenvalue weighted by Gasteiger charge is -2.17. The van der Waals surface area contributed by atoms with Crippen LogP contribution in [0.15, 0.2) is 24.3 Å². The molecule has 1 rings (SSSR count). The van der Waals surface area contributed by atoms with Crippen molar-refractivity contribution >= 4 is 0 Å². The first-order chi connectivity index (χ1) is 11.3. The first-order valence-corrected chi connectivity index (χ1v) is 9.66. The zero-order valence-corrected chi connectivity index (χ0v) is 15.7. The molecule has 1 aromatic carbocycles. The third kappa shape index (κ3) is 10.4. The van der Waals surface area contributed by atoms with E-state index in [0.29, 0.717) is 0 Å². The minimum Gasteiger partial charge on any atom is -0.494 e. The Labute approximate surface area is 144 Å². The van der Waals surface area contributed by atoms with E-state index in [1.807, 2.05) is 0 Å². The van der Waals surface area contributed by atoms with E-state index in [2.05, 4.69) is 50.1 Å². The van der Waals surface area contributed by atoms with Gasteiger partial charge in [0.2, 0.25) is 0 Å². The van der Waals surface area contributed by atoms with E-state index >= 15 is 0 Å². The number of hydrogen-bond donors (Lipinski definition) is 0. The minimum atomic E-state index is 0.803. The van der Waals surface area contributed by atoms with Crippen LogP contribution in [0.2, 0.25) is 0 Å². The van der Waals surface area contributed by atoms with E-state index in [4.69, 9.17) is 4.74 Å². The van der Waals surface area contributed by atoms with Crippen molar-refractivity contribution in [3.8, 4) is 5.75 Å². The van der Waals surface area contributed by atoms with Crippen molar-refractivity contribution in [2.45, 2.75) is 78.2 Å². The molecule has 2 nitrogen and oxygen atoms in total. The van der Waals surface area contributed by atoms with Gasteiger partial charge in [0.1, 0.15) is 5.75 Å². The van der Waals surface area contributed by atoms with Crippen LogP contribution < -0.4 is 4.74 Å². The summed E-state index contributed by atoms with van der Waals surface area (Å²) in [6.45, 7) is 7.45. The molecule has 132 valence electrons. The Morgan fingerprint density at radius 3 is 2.00 bits per heavy atom. The predicted molar refractivity (Wildman–Crippen MR) is 101 cm³/mol. The third-order valence-electron chi connectivity index (χ3n) is 4.24. The summed E-state index contributed by atoms with van der Waals surface area (Å²) in [6, 6.07) is 8.56. The summed E-state index contributed by atoms with van der Waals surface area (Å²) in [6.07, 6.45) is 12.2. The van der Waals surface area contributed by atoms with Crippen LogP contribution in [-0.4, -0.2) is 25.1 Å². The standard InChI is InChI=1S/C21H37NO/c1-4-6-7-8-9-10-11-12-17-22(3)19-20-13-15-21(16-14-20)23-18-5-2/h13-16H,4-12,17-19H2,1-3H3. The fraction of sp³-hybridized carbons (Fsp3) is 0.714. The van der Waals surface area contributed by atoms with Crippen molar-refractivity contribution in [1.29, 1.82) is 0 Å². The van der Waals surface area contributed by atoms with E-state index in [9.17, 15) is 0 Å². The number of unbranched alkanes of at least 4 members (excludes halogenated alkanes) is 7. The Hall–Kier alpha value is -1.02. The van der Waals surface area contributed by atoms with Gasteiger partial charge in [-0.05, 0) is 44.1 Å². The Kier molecular flexibility index (Phi) is 11.7. The molecule has 0 saturated carbocycles. The molecule has 0 aromatic heterocycles. The molecule has 0 amide bonds. The summed E-state index contributed by atoms with van der Waals surface area (Å²) in [5.41, 5.74) is 1.37. The van der Waals surface area contributed by atoms with E-state index < -0.39 is 0 Å². The Morgan fingerprint density at radius 1 is 0.783 bits per heavy atom. The molecule has 0 bridgehead atoms. The highest BCUT2D eigenvalue weighted by Gasteiger charge is 2.01. The molecular weight excluding hydrogens is 282 g/mol. The normalized spacial score (nSPS) is 11.1. The second-order valence-corrected chi connectivity index (χ2v) is 6.71. The lowest BCUT2D eigenvalue weighted by Crippen LogP contribution is -2.19. The van der Waals surface area contributed by atoms with Crippen molar-refractivity contribution in [2.75, 3.05) is 20.2 Å². The van der Waals surface area contributed by atoms with E-state index in [1.165, 1.54) is 63.5 Å². The molecule has 0 heterocycles. The highest BCUT2D eigenvalue weighted by atomic mass is 16.5. The van der Waals surface area contributed by atoms with Crippen LogP contribution in [0.4, 0.5) is 0 Å². The topological polar surface area (TPSA) is 12.5 Å². The highest BCUT2D eigenvalue weighted by Crippen LogP contribution is 2.14. The van der Waals surface area contributed by atoms with Gasteiger partial charge in [-0.1, -0.05) is 70.9 Å². The monoisotopic (exact) mass is 319 g/mol. The molecule has 0 aliphatic carbocycles. The predicted octanol–water partition coefficient (Wildman–Crippen LogP) is 6.05. The number of nitrogens with zero attached hydrogens (tertiary/aromatic N) is 1. The molecule has 0 fully saturated rings. The third-order valence-corrected chi connectivity index (χ3v) is 4.24. The van der Waals surface area contributed by atoms with Gasteiger partial charge in [0.05, 0.1) is 6.61 Å². The summed E-state index contributed by atoms with van der Waals surface area (Å²) >= 11 is 0. The SMILES string of the molecule is CCCCCCCCCCN(C)Cc1ccc(OCCC)cc1. The lowest BCUT2D eigenvalue weighted by molar-refractivity contribution is 0.312. The van der Waals surface area contributed by atoms with E-state index in [0.717, 1.165) is 25.3 Å². The first-order valence-electron chi connectivity index (χ1n) is 9.66. The molecule has 0 saturated heterocycles. The van der Waals surface area contributed by atoms with Crippen molar-refractivity contribution in [2.24, 2.45) is 0 Å². The molecule has 0 aliphatic heterocycles. The fourth-order valence-electron chi connectivity index (χ4n) is 2.82. The lowest BCUT2D eigenvalue weighted by atomic mass is 10.1. The van der Waals surface area contributed by atoms with Crippen molar-refractivity contribution < 1.29 is 4.74 Å². The van der Waals surface area contributed by atoms with Gasteiger partial charge in [0, 0.05) is 6.54 Å². The summed E-state index contributed by atoms with van der Waals surface area (Å²) < 4.78 is 5.63. The summed E-state index contributed by atoms with van der Waals surface area (Å²) in [7, 11) is 2.22. The average molecular weight is 320 g/mol. The molecule has 0 radical (unpaired) electrons. The van der Waals surface area contributed by atoms with Crippen LogP contribution >= 0.6 is 0 Å². The van der Waals surface area contributed by atoms with Crippen LogP contribution in [0.5, 0.6) is 5.75 Å². The Balaban J connectivity index is 2.08. The minimum absolute atomic E-state index is 0.803. The van der Waals surface area contributed by atoms with Gasteiger partial charge >= 0.3 is 0 Å². The maximum absolute atomic E-state index is 5.63. The maximum atomic E-state index is 5.63. The van der Waals surface area contributed by atoms with Crippen LogP contribution in [0.25, 0.3) is 0 Å². The molecule has 23 heavy (non-hydrogen) atoms. The second-order valence-electron chi connectivity index (χ2n) is 6.71. The molecule has 0 spiro atoms. The van der Waals surface area contributed by atoms with Gasteiger partial charge in [-0.25, -0.2) is 0 Å². The van der Waals surface area contributed by atoms with Gasteiger partial charge < -0.3 is 9.64 Å². The summed E-state index contributed by atoms with van der Waals surface area (Å²) in [4.78, 5) is 2.43. The van der Waals surface area contributed by atoms with Gasteiger partial charge in [0.25, 0.3) is 0 Å². The van der Waals surface area contributed by atoms with Gasteiger partial charge in [-0.3, -0.25) is 0 Å². The maximum Gasteiger partial charge on any atom is 0.119 e. The van der Waals surface area contributed by atoms with Gasteiger partial charge in [-0.2, -0.15) is 0 Å². The van der Waals surface area contributed by atoms with Crippen LogP contribution in [0.3, 0.4) is 0 Å². The molecular formula is C21H37NO. The Bertz CT molecular complexity index is 374. The number of ether oxygens (including phenoxy) is 1. The number of hydrogen-bond acceptors (Lipinski definition) is 2. The smallest absolute Gasteiger partial charge is 0.119 e. The summed E-state index contributed by atoms with van der Waals surface area (Å²) in [5, 5.41) is 0. The fourth-order valence-corrected chi connectivity index (χ4v) is 2.82. The largest absolute Gasteiger partial charge is 0.494 e. The molecule has 0 unspecified atom stereocenters.